The summed E-state index contributed by atoms with van der Waals surface area (Å²) in [7, 11) is 0. The number of thiocarbonyl (C=S) groups is 1. The monoisotopic (exact) mass is 392 g/mol. The van der Waals surface area contributed by atoms with E-state index in [1.165, 1.54) is 28.2 Å². The van der Waals surface area contributed by atoms with Crippen LogP contribution in [0.4, 0.5) is 0 Å². The molecule has 1 aliphatic carbocycles. The molecule has 2 aromatic heterocycles. The Morgan fingerprint density at radius 1 is 1.35 bits per heavy atom. The molecule has 3 heterocycles. The van der Waals surface area contributed by atoms with Gasteiger partial charge in [0.2, 0.25) is 0 Å². The van der Waals surface area contributed by atoms with Crippen molar-refractivity contribution in [1.29, 1.82) is 0 Å². The number of aromatic amines is 1. The van der Waals surface area contributed by atoms with Crippen LogP contribution in [0.3, 0.4) is 0 Å². The van der Waals surface area contributed by atoms with E-state index in [-0.39, 0.29) is 5.56 Å². The molecule has 0 radical (unpaired) electrons. The third-order valence-electron chi connectivity index (χ3n) is 5.38. The number of H-pyrrole nitrogens is 1. The summed E-state index contributed by atoms with van der Waals surface area (Å²) in [6.07, 6.45) is 4.54. The number of piperazine rings is 1. The molecule has 0 saturated carbocycles. The lowest BCUT2D eigenvalue weighted by atomic mass is 9.97. The maximum atomic E-state index is 12.7. The van der Waals surface area contributed by atoms with Crippen molar-refractivity contribution in [2.45, 2.75) is 39.2 Å². The number of hydrogen-bond donors (Lipinski definition) is 3. The molecular formula is C18H26N5OS2+. The van der Waals surface area contributed by atoms with Gasteiger partial charge < -0.3 is 20.1 Å². The number of nitrogens with zero attached hydrogens (tertiary/aromatic N) is 2. The van der Waals surface area contributed by atoms with Crippen LogP contribution in [0, 0.1) is 0 Å². The van der Waals surface area contributed by atoms with E-state index >= 15 is 0 Å². The zero-order chi connectivity index (χ0) is 18.1. The second kappa shape index (κ2) is 7.62. The molecule has 4 rings (SSSR count). The molecule has 2 aromatic rings. The minimum absolute atomic E-state index is 0.0516. The SMILES string of the molecule is CCNC(=S)N1CC[NH+](Cc2nc3sc4c(c3c(=O)[nH]2)CCCC4)CC1. The largest absolute Gasteiger partial charge is 0.363 e. The van der Waals surface area contributed by atoms with Crippen molar-refractivity contribution in [2.24, 2.45) is 0 Å². The smallest absolute Gasteiger partial charge is 0.260 e. The van der Waals surface area contributed by atoms with E-state index in [0.29, 0.717) is 0 Å². The van der Waals surface area contributed by atoms with Crippen molar-refractivity contribution in [2.75, 3.05) is 32.7 Å². The van der Waals surface area contributed by atoms with Crippen molar-refractivity contribution in [3.8, 4) is 0 Å². The van der Waals surface area contributed by atoms with Crippen molar-refractivity contribution in [3.63, 3.8) is 0 Å². The Balaban J connectivity index is 1.47. The summed E-state index contributed by atoms with van der Waals surface area (Å²) in [5, 5.41) is 4.92. The molecule has 140 valence electrons. The first-order valence-corrected chi connectivity index (χ1v) is 10.8. The summed E-state index contributed by atoms with van der Waals surface area (Å²) in [6, 6.07) is 0. The fourth-order valence-electron chi connectivity index (χ4n) is 3.99. The van der Waals surface area contributed by atoms with Gasteiger partial charge in [0, 0.05) is 11.4 Å². The molecular weight excluding hydrogens is 366 g/mol. The van der Waals surface area contributed by atoms with Crippen LogP contribution in [0.15, 0.2) is 4.79 Å². The fraction of sp³-hybridized carbons (Fsp3) is 0.611. The number of quaternary nitrogens is 1. The molecule has 8 heteroatoms. The van der Waals surface area contributed by atoms with Gasteiger partial charge in [0.1, 0.15) is 11.4 Å². The highest BCUT2D eigenvalue weighted by molar-refractivity contribution is 7.80. The maximum Gasteiger partial charge on any atom is 0.260 e. The standard InChI is InChI=1S/C18H25N5OS2/c1-2-19-18(25)23-9-7-22(8-10-23)11-14-20-16(24)15-12-5-3-4-6-13(12)26-17(15)21-14/h2-11H2,1H3,(H,19,25)(H,20,21,24)/p+1. The maximum absolute atomic E-state index is 12.7. The first-order chi connectivity index (χ1) is 12.7. The molecule has 6 nitrogen and oxygen atoms in total. The lowest BCUT2D eigenvalue weighted by Gasteiger charge is -2.33. The number of hydrogen-bond acceptors (Lipinski definition) is 4. The predicted octanol–water partition coefficient (Wildman–Crippen LogP) is 0.458. The summed E-state index contributed by atoms with van der Waals surface area (Å²) in [6.45, 7) is 7.61. The van der Waals surface area contributed by atoms with Crippen molar-refractivity contribution < 1.29 is 4.90 Å². The number of aromatic nitrogens is 2. The van der Waals surface area contributed by atoms with Crippen molar-refractivity contribution >= 4 is 38.9 Å². The lowest BCUT2D eigenvalue weighted by molar-refractivity contribution is -0.918. The third kappa shape index (κ3) is 3.50. The quantitative estimate of drug-likeness (QED) is 0.663. The Labute approximate surface area is 162 Å². The Hall–Kier alpha value is -1.51. The number of nitrogens with one attached hydrogen (secondary N) is 3. The Kier molecular flexibility index (Phi) is 5.24. The Bertz CT molecular complexity index is 866. The van der Waals surface area contributed by atoms with E-state index in [4.69, 9.17) is 17.2 Å². The van der Waals surface area contributed by atoms with Gasteiger partial charge in [-0.05, 0) is 50.4 Å². The molecule has 1 fully saturated rings. The van der Waals surface area contributed by atoms with Crippen LogP contribution in [-0.4, -0.2) is 52.7 Å². The summed E-state index contributed by atoms with van der Waals surface area (Å²) < 4.78 is 0. The van der Waals surface area contributed by atoms with Crippen LogP contribution in [0.1, 0.15) is 36.0 Å². The first-order valence-electron chi connectivity index (χ1n) is 9.55. The van der Waals surface area contributed by atoms with Gasteiger partial charge in [0.05, 0.1) is 31.6 Å². The normalized spacial score (nSPS) is 18.1. The van der Waals surface area contributed by atoms with Gasteiger partial charge >= 0.3 is 0 Å². The zero-order valence-electron chi connectivity index (χ0n) is 15.2. The van der Waals surface area contributed by atoms with Gasteiger partial charge in [-0.3, -0.25) is 4.79 Å². The van der Waals surface area contributed by atoms with Crippen LogP contribution < -0.4 is 15.8 Å². The van der Waals surface area contributed by atoms with Crippen molar-refractivity contribution in [3.05, 3.63) is 26.6 Å². The molecule has 1 saturated heterocycles. The van der Waals surface area contributed by atoms with Gasteiger partial charge in [0.15, 0.2) is 10.9 Å². The third-order valence-corrected chi connectivity index (χ3v) is 6.97. The second-order valence-corrected chi connectivity index (χ2v) is 8.62. The zero-order valence-corrected chi connectivity index (χ0v) is 16.8. The van der Waals surface area contributed by atoms with E-state index in [9.17, 15) is 4.79 Å². The van der Waals surface area contributed by atoms with Crippen LogP contribution in [0.5, 0.6) is 0 Å². The van der Waals surface area contributed by atoms with Crippen LogP contribution in [0.25, 0.3) is 10.2 Å². The van der Waals surface area contributed by atoms with E-state index in [1.54, 1.807) is 11.3 Å². The van der Waals surface area contributed by atoms with Crippen molar-refractivity contribution in [1.82, 2.24) is 20.2 Å². The van der Waals surface area contributed by atoms with Gasteiger partial charge in [0.25, 0.3) is 5.56 Å². The molecule has 0 atom stereocenters. The summed E-state index contributed by atoms with van der Waals surface area (Å²) in [5.74, 6) is 0.818. The van der Waals surface area contributed by atoms with E-state index in [0.717, 1.165) is 73.3 Å². The number of rotatable bonds is 3. The molecule has 0 aromatic carbocycles. The average molecular weight is 393 g/mol. The summed E-state index contributed by atoms with van der Waals surface area (Å²) >= 11 is 7.13. The molecule has 1 aliphatic heterocycles. The van der Waals surface area contributed by atoms with Gasteiger partial charge in [-0.2, -0.15) is 0 Å². The minimum Gasteiger partial charge on any atom is -0.363 e. The average Bonchev–Trinajstić information content (AvgIpc) is 3.01. The van der Waals surface area contributed by atoms with E-state index in [2.05, 4.69) is 22.1 Å². The minimum atomic E-state index is 0.0516. The number of thiophene rings is 1. The molecule has 0 spiro atoms. The fourth-order valence-corrected chi connectivity index (χ4v) is 5.60. The molecule has 0 bridgehead atoms. The lowest BCUT2D eigenvalue weighted by Crippen LogP contribution is -3.13. The molecule has 2 aliphatic rings. The number of aryl methyl sites for hydroxylation is 2. The highest BCUT2D eigenvalue weighted by atomic mass is 32.1. The van der Waals surface area contributed by atoms with Crippen LogP contribution in [0.2, 0.25) is 0 Å². The second-order valence-electron chi connectivity index (χ2n) is 7.15. The number of fused-ring (bicyclic) bond motifs is 3. The van der Waals surface area contributed by atoms with Gasteiger partial charge in [-0.15, -0.1) is 11.3 Å². The molecule has 0 unspecified atom stereocenters. The Morgan fingerprint density at radius 2 is 2.12 bits per heavy atom. The summed E-state index contributed by atoms with van der Waals surface area (Å²) in [4.78, 5) is 26.5. The highest BCUT2D eigenvalue weighted by Crippen LogP contribution is 2.33. The highest BCUT2D eigenvalue weighted by Gasteiger charge is 2.24. The van der Waals surface area contributed by atoms with Crippen LogP contribution >= 0.6 is 23.6 Å². The molecule has 26 heavy (non-hydrogen) atoms. The predicted molar refractivity (Wildman–Crippen MR) is 109 cm³/mol. The summed E-state index contributed by atoms with van der Waals surface area (Å²) in [5.41, 5.74) is 1.31. The van der Waals surface area contributed by atoms with Gasteiger partial charge in [-0.1, -0.05) is 0 Å². The van der Waals surface area contributed by atoms with E-state index in [1.807, 2.05) is 0 Å². The van der Waals surface area contributed by atoms with Crippen LogP contribution in [-0.2, 0) is 19.4 Å². The van der Waals surface area contributed by atoms with Gasteiger partial charge in [-0.25, -0.2) is 4.98 Å². The van der Waals surface area contributed by atoms with E-state index < -0.39 is 0 Å². The molecule has 3 N–H and O–H groups in total. The Morgan fingerprint density at radius 3 is 2.88 bits per heavy atom. The first kappa shape index (κ1) is 17.9. The molecule has 0 amide bonds. The topological polar surface area (TPSA) is 65.5 Å².